The normalized spacial score (nSPS) is 16.7. The van der Waals surface area contributed by atoms with Crippen LogP contribution in [0.15, 0.2) is 24.3 Å². The summed E-state index contributed by atoms with van der Waals surface area (Å²) in [4.78, 5) is 36.7. The summed E-state index contributed by atoms with van der Waals surface area (Å²) in [6.45, 7) is 5.84. The summed E-state index contributed by atoms with van der Waals surface area (Å²) < 4.78 is 5.22. The van der Waals surface area contributed by atoms with Crippen LogP contribution in [-0.4, -0.2) is 41.2 Å². The number of nitrogens with one attached hydrogen (secondary N) is 1. The van der Waals surface area contributed by atoms with Crippen LogP contribution < -0.4 is 16.0 Å². The number of alkyl carbamates (subject to hydrolysis) is 1. The molecule has 0 saturated carbocycles. The maximum Gasteiger partial charge on any atom is 0.408 e. The zero-order chi connectivity index (χ0) is 19.5. The number of primary amides is 1. The lowest BCUT2D eigenvalue weighted by atomic mass is 9.86. The van der Waals surface area contributed by atoms with Gasteiger partial charge in [0.1, 0.15) is 16.8 Å². The molecule has 9 nitrogen and oxygen atoms in total. The Bertz CT molecular complexity index is 705. The third-order valence-electron chi connectivity index (χ3n) is 4.25. The van der Waals surface area contributed by atoms with Gasteiger partial charge in [-0.25, -0.2) is 4.79 Å². The predicted molar refractivity (Wildman–Crippen MR) is 95.8 cm³/mol. The number of para-hydroxylation sites is 2. The molecule has 1 aromatic carbocycles. The van der Waals surface area contributed by atoms with Crippen molar-refractivity contribution in [2.45, 2.75) is 44.8 Å². The fourth-order valence-corrected chi connectivity index (χ4v) is 2.95. The summed E-state index contributed by atoms with van der Waals surface area (Å²) in [5.41, 5.74) is 4.09. The molecule has 0 unspecified atom stereocenters. The van der Waals surface area contributed by atoms with Crippen molar-refractivity contribution < 1.29 is 19.2 Å². The number of hydrogen-bond donors (Lipinski definition) is 2. The Morgan fingerprint density at radius 2 is 1.85 bits per heavy atom. The van der Waals surface area contributed by atoms with Crippen LogP contribution in [0, 0.1) is 10.1 Å². The molecule has 2 amide bonds. The molecule has 142 valence electrons. The van der Waals surface area contributed by atoms with Crippen LogP contribution >= 0.6 is 0 Å². The zero-order valence-electron chi connectivity index (χ0n) is 15.2. The van der Waals surface area contributed by atoms with Crippen molar-refractivity contribution in [3.8, 4) is 0 Å². The number of ether oxygens (including phenoxy) is 1. The van der Waals surface area contributed by atoms with Gasteiger partial charge in [0.25, 0.3) is 5.69 Å². The molecule has 1 aliphatic heterocycles. The highest BCUT2D eigenvalue weighted by Crippen LogP contribution is 2.32. The van der Waals surface area contributed by atoms with Crippen LogP contribution in [0.3, 0.4) is 0 Å². The van der Waals surface area contributed by atoms with Crippen molar-refractivity contribution >= 4 is 23.4 Å². The van der Waals surface area contributed by atoms with Gasteiger partial charge in [0, 0.05) is 19.2 Å². The number of nitro benzene ring substituents is 1. The lowest BCUT2D eigenvalue weighted by Gasteiger charge is -2.40. The first kappa shape index (κ1) is 19.5. The Hall–Kier alpha value is -2.84. The molecule has 1 heterocycles. The van der Waals surface area contributed by atoms with E-state index in [4.69, 9.17) is 10.5 Å². The number of nitro groups is 1. The number of benzene rings is 1. The maximum atomic E-state index is 12.1. The largest absolute Gasteiger partial charge is 0.444 e. The van der Waals surface area contributed by atoms with Crippen LogP contribution in [0.25, 0.3) is 0 Å². The Labute approximate surface area is 151 Å². The summed E-state index contributed by atoms with van der Waals surface area (Å²) in [5, 5.41) is 13.8. The van der Waals surface area contributed by atoms with Gasteiger partial charge in [0.2, 0.25) is 5.91 Å². The molecule has 0 atom stereocenters. The second-order valence-corrected chi connectivity index (χ2v) is 7.31. The van der Waals surface area contributed by atoms with Crippen LogP contribution in [0.5, 0.6) is 0 Å². The molecular weight excluding hydrogens is 340 g/mol. The molecule has 9 heteroatoms. The monoisotopic (exact) mass is 364 g/mol. The van der Waals surface area contributed by atoms with E-state index in [1.54, 1.807) is 39.0 Å². The van der Waals surface area contributed by atoms with Gasteiger partial charge in [-0.1, -0.05) is 12.1 Å². The molecule has 0 aromatic heterocycles. The molecule has 3 N–H and O–H groups in total. The van der Waals surface area contributed by atoms with Crippen molar-refractivity contribution in [2.24, 2.45) is 5.73 Å². The molecule has 1 aromatic rings. The van der Waals surface area contributed by atoms with Crippen LogP contribution in [0.4, 0.5) is 16.2 Å². The van der Waals surface area contributed by atoms with E-state index < -0.39 is 28.1 Å². The fraction of sp³-hybridized carbons (Fsp3) is 0.529. The van der Waals surface area contributed by atoms with Crippen LogP contribution in [0.1, 0.15) is 33.6 Å². The molecule has 26 heavy (non-hydrogen) atoms. The average molecular weight is 364 g/mol. The second kappa shape index (κ2) is 7.19. The molecule has 2 rings (SSSR count). The standard InChI is InChI=1S/C17H24N4O5/c1-16(2,3)26-15(23)19-17(14(18)22)8-10-20(11-9-17)12-6-4-5-7-13(12)21(24)25/h4-7H,8-11H2,1-3H3,(H2,18,22)(H,19,23). The van der Waals surface area contributed by atoms with E-state index in [0.717, 1.165) is 0 Å². The van der Waals surface area contributed by atoms with Gasteiger partial charge >= 0.3 is 6.09 Å². The highest BCUT2D eigenvalue weighted by molar-refractivity contribution is 5.89. The van der Waals surface area contributed by atoms with Gasteiger partial charge in [0.05, 0.1) is 4.92 Å². The van der Waals surface area contributed by atoms with E-state index in [1.165, 1.54) is 6.07 Å². The molecule has 1 aliphatic rings. The van der Waals surface area contributed by atoms with Gasteiger partial charge in [-0.2, -0.15) is 0 Å². The number of rotatable bonds is 4. The van der Waals surface area contributed by atoms with Crippen molar-refractivity contribution in [2.75, 3.05) is 18.0 Å². The number of piperidine rings is 1. The SMILES string of the molecule is CC(C)(C)OC(=O)NC1(C(N)=O)CCN(c2ccccc2[N+](=O)[O-])CC1. The number of hydrogen-bond acceptors (Lipinski definition) is 6. The fourth-order valence-electron chi connectivity index (χ4n) is 2.95. The van der Waals surface area contributed by atoms with E-state index in [9.17, 15) is 19.7 Å². The first-order valence-electron chi connectivity index (χ1n) is 8.33. The van der Waals surface area contributed by atoms with Crippen LogP contribution in [0.2, 0.25) is 0 Å². The first-order chi connectivity index (χ1) is 12.0. The molecular formula is C17H24N4O5. The lowest BCUT2D eigenvalue weighted by Crippen LogP contribution is -2.62. The smallest absolute Gasteiger partial charge is 0.408 e. The van der Waals surface area contributed by atoms with E-state index in [1.807, 2.05) is 4.90 Å². The third-order valence-corrected chi connectivity index (χ3v) is 4.25. The number of amides is 2. The average Bonchev–Trinajstić information content (AvgIpc) is 2.53. The van der Waals surface area contributed by atoms with Gasteiger partial charge < -0.3 is 20.7 Å². The minimum Gasteiger partial charge on any atom is -0.444 e. The topological polar surface area (TPSA) is 128 Å². The second-order valence-electron chi connectivity index (χ2n) is 7.31. The molecule has 1 saturated heterocycles. The Balaban J connectivity index is 2.14. The Kier molecular flexibility index (Phi) is 5.38. The molecule has 0 radical (unpaired) electrons. The van der Waals surface area contributed by atoms with Gasteiger partial charge in [-0.05, 0) is 39.7 Å². The van der Waals surface area contributed by atoms with Crippen molar-refractivity contribution in [1.29, 1.82) is 0 Å². The molecule has 0 spiro atoms. The Morgan fingerprint density at radius 3 is 2.35 bits per heavy atom. The zero-order valence-corrected chi connectivity index (χ0v) is 15.2. The number of nitrogens with two attached hydrogens (primary N) is 1. The highest BCUT2D eigenvalue weighted by Gasteiger charge is 2.43. The van der Waals surface area contributed by atoms with Crippen molar-refractivity contribution in [3.05, 3.63) is 34.4 Å². The van der Waals surface area contributed by atoms with E-state index in [-0.39, 0.29) is 18.5 Å². The summed E-state index contributed by atoms with van der Waals surface area (Å²) in [6, 6.07) is 6.42. The molecule has 1 fully saturated rings. The summed E-state index contributed by atoms with van der Waals surface area (Å²) in [5.74, 6) is -0.648. The van der Waals surface area contributed by atoms with E-state index in [2.05, 4.69) is 5.32 Å². The van der Waals surface area contributed by atoms with Crippen LogP contribution in [-0.2, 0) is 9.53 Å². The predicted octanol–water partition coefficient (Wildman–Crippen LogP) is 1.94. The van der Waals surface area contributed by atoms with Gasteiger partial charge in [-0.3, -0.25) is 14.9 Å². The number of carbonyl (C=O) groups excluding carboxylic acids is 2. The lowest BCUT2D eigenvalue weighted by molar-refractivity contribution is -0.384. The Morgan fingerprint density at radius 1 is 1.27 bits per heavy atom. The minimum atomic E-state index is -1.23. The molecule has 0 bridgehead atoms. The summed E-state index contributed by atoms with van der Waals surface area (Å²) in [6.07, 6.45) is -0.253. The highest BCUT2D eigenvalue weighted by atomic mass is 16.6. The van der Waals surface area contributed by atoms with Gasteiger partial charge in [0.15, 0.2) is 0 Å². The number of anilines is 1. The van der Waals surface area contributed by atoms with E-state index >= 15 is 0 Å². The molecule has 0 aliphatic carbocycles. The quantitative estimate of drug-likeness (QED) is 0.621. The van der Waals surface area contributed by atoms with Crippen molar-refractivity contribution in [3.63, 3.8) is 0 Å². The summed E-state index contributed by atoms with van der Waals surface area (Å²) in [7, 11) is 0. The third kappa shape index (κ3) is 4.41. The number of carbonyl (C=O) groups is 2. The van der Waals surface area contributed by atoms with Crippen molar-refractivity contribution in [1.82, 2.24) is 5.32 Å². The van der Waals surface area contributed by atoms with Gasteiger partial charge in [-0.15, -0.1) is 0 Å². The summed E-state index contributed by atoms with van der Waals surface area (Å²) >= 11 is 0. The minimum absolute atomic E-state index is 0.000763. The maximum absolute atomic E-state index is 12.1. The number of nitrogens with zero attached hydrogens (tertiary/aromatic N) is 2. The van der Waals surface area contributed by atoms with E-state index in [0.29, 0.717) is 18.8 Å². The first-order valence-corrected chi connectivity index (χ1v) is 8.33.